The van der Waals surface area contributed by atoms with Gasteiger partial charge >= 0.3 is 0 Å². The standard InChI is InChI=1S/C12H14BrN3O2/c1-8-15-12(18-16-8)7-17-11-3-2-10(13)6-9(11)4-5-14/h2-3,6H,4-5,7,14H2,1H3. The van der Waals surface area contributed by atoms with Crippen molar-refractivity contribution in [3.05, 3.63) is 40.0 Å². The average molecular weight is 312 g/mol. The zero-order valence-electron chi connectivity index (χ0n) is 10.0. The van der Waals surface area contributed by atoms with Gasteiger partial charge < -0.3 is 15.0 Å². The maximum Gasteiger partial charge on any atom is 0.264 e. The second-order valence-electron chi connectivity index (χ2n) is 3.81. The van der Waals surface area contributed by atoms with Gasteiger partial charge in [-0.25, -0.2) is 0 Å². The lowest BCUT2D eigenvalue weighted by Crippen LogP contribution is -2.05. The van der Waals surface area contributed by atoms with E-state index in [1.165, 1.54) is 0 Å². The minimum Gasteiger partial charge on any atom is -0.483 e. The predicted octanol–water partition coefficient (Wildman–Crippen LogP) is 2.22. The summed E-state index contributed by atoms with van der Waals surface area (Å²) in [5.41, 5.74) is 6.64. The largest absolute Gasteiger partial charge is 0.483 e. The number of aromatic nitrogens is 2. The second kappa shape index (κ2) is 5.97. The van der Waals surface area contributed by atoms with Crippen LogP contribution in [0.5, 0.6) is 5.75 Å². The first kappa shape index (κ1) is 13.0. The van der Waals surface area contributed by atoms with E-state index in [2.05, 4.69) is 26.1 Å². The van der Waals surface area contributed by atoms with Crippen LogP contribution in [0.25, 0.3) is 0 Å². The molecule has 0 aliphatic carbocycles. The smallest absolute Gasteiger partial charge is 0.264 e. The van der Waals surface area contributed by atoms with Crippen LogP contribution >= 0.6 is 15.9 Å². The van der Waals surface area contributed by atoms with Crippen molar-refractivity contribution in [3.8, 4) is 5.75 Å². The molecule has 2 N–H and O–H groups in total. The normalized spacial score (nSPS) is 10.6. The summed E-state index contributed by atoms with van der Waals surface area (Å²) in [6.07, 6.45) is 0.762. The fraction of sp³-hybridized carbons (Fsp3) is 0.333. The molecule has 2 aromatic rings. The van der Waals surface area contributed by atoms with Crippen molar-refractivity contribution < 1.29 is 9.26 Å². The highest BCUT2D eigenvalue weighted by atomic mass is 79.9. The van der Waals surface area contributed by atoms with E-state index in [1.807, 2.05) is 18.2 Å². The number of nitrogens with zero attached hydrogens (tertiary/aromatic N) is 2. The number of rotatable bonds is 5. The summed E-state index contributed by atoms with van der Waals surface area (Å²) in [6.45, 7) is 2.61. The van der Waals surface area contributed by atoms with Crippen molar-refractivity contribution in [3.63, 3.8) is 0 Å². The molecule has 5 nitrogen and oxygen atoms in total. The molecule has 0 bridgehead atoms. The summed E-state index contributed by atoms with van der Waals surface area (Å²) < 4.78 is 11.7. The molecule has 1 heterocycles. The Morgan fingerprint density at radius 2 is 2.28 bits per heavy atom. The highest BCUT2D eigenvalue weighted by Gasteiger charge is 2.07. The van der Waals surface area contributed by atoms with Gasteiger partial charge in [0.1, 0.15) is 5.75 Å². The van der Waals surface area contributed by atoms with Crippen molar-refractivity contribution in [1.82, 2.24) is 10.1 Å². The molecule has 0 unspecified atom stereocenters. The van der Waals surface area contributed by atoms with Crippen LogP contribution in [0.2, 0.25) is 0 Å². The predicted molar refractivity (Wildman–Crippen MR) is 70.3 cm³/mol. The van der Waals surface area contributed by atoms with E-state index in [0.717, 1.165) is 22.2 Å². The SMILES string of the molecule is Cc1noc(COc2ccc(Br)cc2CCN)n1. The topological polar surface area (TPSA) is 74.2 Å². The Kier molecular flexibility index (Phi) is 4.33. The van der Waals surface area contributed by atoms with E-state index in [4.69, 9.17) is 15.0 Å². The molecule has 0 amide bonds. The zero-order chi connectivity index (χ0) is 13.0. The third kappa shape index (κ3) is 3.30. The maximum absolute atomic E-state index is 5.67. The average Bonchev–Trinajstić information content (AvgIpc) is 2.75. The Balaban J connectivity index is 2.08. The van der Waals surface area contributed by atoms with Crippen LogP contribution in [0.15, 0.2) is 27.2 Å². The highest BCUT2D eigenvalue weighted by Crippen LogP contribution is 2.24. The van der Waals surface area contributed by atoms with Gasteiger partial charge in [-0.1, -0.05) is 21.1 Å². The van der Waals surface area contributed by atoms with Crippen LogP contribution in [-0.4, -0.2) is 16.7 Å². The molecule has 6 heteroatoms. The Hall–Kier alpha value is -1.40. The van der Waals surface area contributed by atoms with Gasteiger partial charge in [0.2, 0.25) is 0 Å². The molecule has 0 fully saturated rings. The summed E-state index contributed by atoms with van der Waals surface area (Å²) in [7, 11) is 0. The van der Waals surface area contributed by atoms with Gasteiger partial charge in [-0.2, -0.15) is 4.98 Å². The van der Waals surface area contributed by atoms with Crippen molar-refractivity contribution >= 4 is 15.9 Å². The molecular weight excluding hydrogens is 298 g/mol. The molecule has 96 valence electrons. The molecule has 0 radical (unpaired) electrons. The molecular formula is C12H14BrN3O2. The Bertz CT molecular complexity index is 528. The Labute approximate surface area is 113 Å². The first-order valence-electron chi connectivity index (χ1n) is 5.59. The Morgan fingerprint density at radius 1 is 1.44 bits per heavy atom. The third-order valence-electron chi connectivity index (χ3n) is 2.36. The Morgan fingerprint density at radius 3 is 2.94 bits per heavy atom. The number of hydrogen-bond donors (Lipinski definition) is 1. The van der Waals surface area contributed by atoms with Gasteiger partial charge in [-0.3, -0.25) is 0 Å². The molecule has 0 saturated carbocycles. The maximum atomic E-state index is 5.67. The molecule has 18 heavy (non-hydrogen) atoms. The summed E-state index contributed by atoms with van der Waals surface area (Å²) in [6, 6.07) is 5.83. The highest BCUT2D eigenvalue weighted by molar-refractivity contribution is 9.10. The van der Waals surface area contributed by atoms with Crippen molar-refractivity contribution in [1.29, 1.82) is 0 Å². The van der Waals surface area contributed by atoms with Crippen LogP contribution in [0.4, 0.5) is 0 Å². The summed E-state index contributed by atoms with van der Waals surface area (Å²) >= 11 is 3.43. The molecule has 0 aliphatic rings. The lowest BCUT2D eigenvalue weighted by atomic mass is 10.1. The van der Waals surface area contributed by atoms with Crippen molar-refractivity contribution in [2.45, 2.75) is 20.0 Å². The number of halogens is 1. The monoisotopic (exact) mass is 311 g/mol. The minimum atomic E-state index is 0.264. The minimum absolute atomic E-state index is 0.264. The first-order valence-corrected chi connectivity index (χ1v) is 6.39. The number of nitrogens with two attached hydrogens (primary N) is 1. The van der Waals surface area contributed by atoms with Gasteiger partial charge in [0.25, 0.3) is 5.89 Å². The quantitative estimate of drug-likeness (QED) is 0.916. The van der Waals surface area contributed by atoms with E-state index < -0.39 is 0 Å². The molecule has 0 spiro atoms. The van der Waals surface area contributed by atoms with Gasteiger partial charge in [0.15, 0.2) is 12.4 Å². The van der Waals surface area contributed by atoms with Crippen LogP contribution in [0, 0.1) is 6.92 Å². The van der Waals surface area contributed by atoms with E-state index >= 15 is 0 Å². The first-order chi connectivity index (χ1) is 8.69. The van der Waals surface area contributed by atoms with Crippen LogP contribution < -0.4 is 10.5 Å². The molecule has 1 aromatic carbocycles. The van der Waals surface area contributed by atoms with Crippen LogP contribution in [-0.2, 0) is 13.0 Å². The molecule has 0 aliphatic heterocycles. The summed E-state index contributed by atoms with van der Waals surface area (Å²) in [5, 5.41) is 3.71. The summed E-state index contributed by atoms with van der Waals surface area (Å²) in [4.78, 5) is 4.08. The van der Waals surface area contributed by atoms with Crippen LogP contribution in [0.1, 0.15) is 17.3 Å². The number of hydrogen-bond acceptors (Lipinski definition) is 5. The number of ether oxygens (including phenoxy) is 1. The fourth-order valence-electron chi connectivity index (χ4n) is 1.58. The lowest BCUT2D eigenvalue weighted by molar-refractivity contribution is 0.241. The van der Waals surface area contributed by atoms with Gasteiger partial charge in [0.05, 0.1) is 0 Å². The molecule has 0 saturated heterocycles. The summed E-state index contributed by atoms with van der Waals surface area (Å²) in [5.74, 6) is 1.86. The third-order valence-corrected chi connectivity index (χ3v) is 2.85. The van der Waals surface area contributed by atoms with Crippen LogP contribution in [0.3, 0.4) is 0 Å². The van der Waals surface area contributed by atoms with Crippen molar-refractivity contribution in [2.24, 2.45) is 5.73 Å². The number of aryl methyl sites for hydroxylation is 1. The van der Waals surface area contributed by atoms with E-state index in [0.29, 0.717) is 18.3 Å². The molecule has 0 atom stereocenters. The second-order valence-corrected chi connectivity index (χ2v) is 4.73. The van der Waals surface area contributed by atoms with E-state index in [1.54, 1.807) is 6.92 Å². The number of benzene rings is 1. The van der Waals surface area contributed by atoms with Gasteiger partial charge in [0, 0.05) is 4.47 Å². The molecule has 1 aromatic heterocycles. The van der Waals surface area contributed by atoms with Gasteiger partial charge in [-0.15, -0.1) is 0 Å². The van der Waals surface area contributed by atoms with Gasteiger partial charge in [-0.05, 0) is 43.7 Å². The lowest BCUT2D eigenvalue weighted by Gasteiger charge is -2.09. The fourth-order valence-corrected chi connectivity index (χ4v) is 1.99. The van der Waals surface area contributed by atoms with Crippen molar-refractivity contribution in [2.75, 3.05) is 6.54 Å². The zero-order valence-corrected chi connectivity index (χ0v) is 11.6. The molecule has 2 rings (SSSR count). The van der Waals surface area contributed by atoms with E-state index in [-0.39, 0.29) is 6.61 Å². The van der Waals surface area contributed by atoms with E-state index in [9.17, 15) is 0 Å².